The van der Waals surface area contributed by atoms with Gasteiger partial charge in [-0.15, -0.1) is 0 Å². The summed E-state index contributed by atoms with van der Waals surface area (Å²) in [4.78, 5) is 29.4. The Morgan fingerprint density at radius 2 is 2.00 bits per heavy atom. The average molecular weight is 526 g/mol. The quantitative estimate of drug-likeness (QED) is 0.151. The summed E-state index contributed by atoms with van der Waals surface area (Å²) in [6.45, 7) is 3.13. The zero-order chi connectivity index (χ0) is 26.6. The van der Waals surface area contributed by atoms with E-state index in [0.29, 0.717) is 33.4 Å². The largest absolute Gasteiger partial charge is 0.493 e. The van der Waals surface area contributed by atoms with Crippen LogP contribution in [0, 0.1) is 0 Å². The van der Waals surface area contributed by atoms with Gasteiger partial charge in [0.25, 0.3) is 5.56 Å². The lowest BCUT2D eigenvalue weighted by molar-refractivity contribution is -0.157. The zero-order valence-corrected chi connectivity index (χ0v) is 21.0. The number of carbonyl (C=O) groups is 1. The van der Waals surface area contributed by atoms with Gasteiger partial charge in [0.1, 0.15) is 24.1 Å². The lowest BCUT2D eigenvalue weighted by atomic mass is 10.1. The highest BCUT2D eigenvalue weighted by atomic mass is 35.5. The molecule has 1 aromatic carbocycles. The summed E-state index contributed by atoms with van der Waals surface area (Å²) in [5.41, 5.74) is 1.05. The second-order valence-corrected chi connectivity index (χ2v) is 8.94. The molecular formula is C24H24ClN7O5. The van der Waals surface area contributed by atoms with Gasteiger partial charge in [0.15, 0.2) is 18.0 Å². The van der Waals surface area contributed by atoms with Crippen molar-refractivity contribution >= 4 is 23.1 Å². The second kappa shape index (κ2) is 10.7. The van der Waals surface area contributed by atoms with Gasteiger partial charge in [-0.2, -0.15) is 10.2 Å². The Kier molecular flexibility index (Phi) is 7.39. The van der Waals surface area contributed by atoms with Crippen LogP contribution in [0.15, 0.2) is 70.3 Å². The van der Waals surface area contributed by atoms with Gasteiger partial charge in [0.2, 0.25) is 0 Å². The van der Waals surface area contributed by atoms with Crippen LogP contribution >= 0.6 is 11.6 Å². The van der Waals surface area contributed by atoms with E-state index >= 15 is 0 Å². The normalized spacial score (nSPS) is 11.7. The van der Waals surface area contributed by atoms with E-state index in [1.165, 1.54) is 22.5 Å². The van der Waals surface area contributed by atoms with Crippen LogP contribution in [-0.4, -0.2) is 51.0 Å². The van der Waals surface area contributed by atoms with Crippen LogP contribution < -0.4 is 20.9 Å². The van der Waals surface area contributed by atoms with Crippen LogP contribution in [0.25, 0.3) is 22.5 Å². The highest BCUT2D eigenvalue weighted by Crippen LogP contribution is 2.30. The molecule has 4 aromatic rings. The number of hydrogen-bond acceptors (Lipinski definition) is 9. The average Bonchev–Trinajstić information content (AvgIpc) is 3.32. The maximum absolute atomic E-state index is 13.3. The van der Waals surface area contributed by atoms with Crippen molar-refractivity contribution < 1.29 is 19.0 Å². The van der Waals surface area contributed by atoms with Crippen molar-refractivity contribution in [3.05, 3.63) is 70.5 Å². The minimum absolute atomic E-state index is 0.0351. The Bertz CT molecular complexity index is 1510. The van der Waals surface area contributed by atoms with Crippen molar-refractivity contribution in [3.8, 4) is 28.4 Å². The number of esters is 1. The van der Waals surface area contributed by atoms with Gasteiger partial charge in [0.05, 0.1) is 23.5 Å². The molecule has 0 bridgehead atoms. The Hall–Kier alpha value is -4.45. The molecule has 12 nitrogen and oxygen atoms in total. The molecule has 13 heteroatoms. The first-order chi connectivity index (χ1) is 17.7. The molecule has 3 aromatic heterocycles. The number of rotatable bonds is 9. The number of methoxy groups -OCH3 is 1. The van der Waals surface area contributed by atoms with E-state index in [9.17, 15) is 9.59 Å². The number of nitrogens with zero attached hydrogens (tertiary/aromatic N) is 6. The number of nitrogens with two attached hydrogens (primary N) is 1. The zero-order valence-electron chi connectivity index (χ0n) is 20.3. The van der Waals surface area contributed by atoms with Crippen LogP contribution in [0.5, 0.6) is 11.5 Å². The maximum Gasteiger partial charge on any atom is 0.330 e. The van der Waals surface area contributed by atoms with Crippen LogP contribution in [0.1, 0.15) is 13.8 Å². The van der Waals surface area contributed by atoms with E-state index in [4.69, 9.17) is 31.7 Å². The van der Waals surface area contributed by atoms with Crippen LogP contribution in [0.3, 0.4) is 0 Å². The summed E-state index contributed by atoms with van der Waals surface area (Å²) >= 11 is 5.92. The van der Waals surface area contributed by atoms with Crippen molar-refractivity contribution in [2.24, 2.45) is 16.2 Å². The number of halogens is 1. The van der Waals surface area contributed by atoms with Crippen molar-refractivity contribution in [1.82, 2.24) is 19.2 Å². The van der Waals surface area contributed by atoms with E-state index in [-0.39, 0.29) is 18.7 Å². The monoisotopic (exact) mass is 525 g/mol. The summed E-state index contributed by atoms with van der Waals surface area (Å²) in [6.07, 6.45) is 4.69. The van der Waals surface area contributed by atoms with Crippen molar-refractivity contribution in [3.63, 3.8) is 0 Å². The van der Waals surface area contributed by atoms with Crippen molar-refractivity contribution in [1.29, 1.82) is 0 Å². The summed E-state index contributed by atoms with van der Waals surface area (Å²) in [7, 11) is 1.48. The smallest absolute Gasteiger partial charge is 0.330 e. The van der Waals surface area contributed by atoms with E-state index in [0.717, 1.165) is 5.56 Å². The maximum atomic E-state index is 13.3. The number of carbonyl (C=O) groups excluding carboxylic acids is 1. The molecule has 0 amide bonds. The summed E-state index contributed by atoms with van der Waals surface area (Å²) in [5, 5.41) is 11.3. The number of hydrogen-bond donors (Lipinski definition) is 1. The third kappa shape index (κ3) is 5.86. The molecule has 2 N–H and O–H groups in total. The third-order valence-corrected chi connectivity index (χ3v) is 5.45. The number of aromatic nitrogens is 4. The summed E-state index contributed by atoms with van der Waals surface area (Å²) < 4.78 is 19.6. The first-order valence-corrected chi connectivity index (χ1v) is 11.4. The fourth-order valence-electron chi connectivity index (χ4n) is 3.51. The summed E-state index contributed by atoms with van der Waals surface area (Å²) in [6, 6.07) is 10.2. The topological polar surface area (TPSA) is 148 Å². The van der Waals surface area contributed by atoms with E-state index in [1.807, 2.05) is 0 Å². The molecule has 3 heterocycles. The standard InChI is InChI=1S/C24H24ClN7O5/c1-24(2,37-22(33)11-28-30-26)13-36-20-7-5-17(9-21(20)35-3)31-14-29-32-12-15(8-19(32)23(31)34)18-6-4-16(25)10-27-18/h4-10,12,14H,11,13H2,1-3H3,(H2,26,28). The molecular weight excluding hydrogens is 502 g/mol. The highest BCUT2D eigenvalue weighted by Gasteiger charge is 2.25. The highest BCUT2D eigenvalue weighted by molar-refractivity contribution is 6.30. The molecule has 0 aliphatic carbocycles. The molecule has 37 heavy (non-hydrogen) atoms. The van der Waals surface area contributed by atoms with Crippen molar-refractivity contribution in [2.75, 3.05) is 20.3 Å². The van der Waals surface area contributed by atoms with Crippen molar-refractivity contribution in [2.45, 2.75) is 19.4 Å². The Balaban J connectivity index is 1.57. The van der Waals surface area contributed by atoms with Gasteiger partial charge in [0, 0.05) is 24.0 Å². The molecule has 0 unspecified atom stereocenters. The van der Waals surface area contributed by atoms with Crippen LogP contribution in [0.2, 0.25) is 5.02 Å². The van der Waals surface area contributed by atoms with Crippen LogP contribution in [-0.2, 0) is 9.53 Å². The van der Waals surface area contributed by atoms with Gasteiger partial charge in [-0.1, -0.05) is 16.8 Å². The lowest BCUT2D eigenvalue weighted by Gasteiger charge is -2.25. The number of benzene rings is 1. The Morgan fingerprint density at radius 1 is 1.19 bits per heavy atom. The van der Waals surface area contributed by atoms with Gasteiger partial charge in [-0.3, -0.25) is 14.3 Å². The third-order valence-electron chi connectivity index (χ3n) is 5.23. The Morgan fingerprint density at radius 3 is 2.70 bits per heavy atom. The number of ether oxygens (including phenoxy) is 3. The molecule has 4 rings (SSSR count). The van der Waals surface area contributed by atoms with Gasteiger partial charge >= 0.3 is 5.97 Å². The second-order valence-electron chi connectivity index (χ2n) is 8.50. The molecule has 192 valence electrons. The predicted molar refractivity (Wildman–Crippen MR) is 135 cm³/mol. The van der Waals surface area contributed by atoms with Crippen LogP contribution in [0.4, 0.5) is 0 Å². The molecule has 0 saturated carbocycles. The molecule has 0 aliphatic heterocycles. The molecule has 0 aliphatic rings. The molecule has 0 saturated heterocycles. The van der Waals surface area contributed by atoms with E-state index in [1.54, 1.807) is 62.6 Å². The lowest BCUT2D eigenvalue weighted by Crippen LogP contribution is -2.35. The predicted octanol–water partition coefficient (Wildman–Crippen LogP) is 3.24. The fraction of sp³-hybridized carbons (Fsp3) is 0.250. The minimum Gasteiger partial charge on any atom is -0.493 e. The number of pyridine rings is 1. The molecule has 0 fully saturated rings. The van der Waals surface area contributed by atoms with E-state index < -0.39 is 11.6 Å². The first-order valence-electron chi connectivity index (χ1n) is 11.0. The molecule has 0 radical (unpaired) electrons. The van der Waals surface area contributed by atoms with E-state index in [2.05, 4.69) is 20.4 Å². The first kappa shape index (κ1) is 25.6. The molecule has 0 atom stereocenters. The van der Waals surface area contributed by atoms with Gasteiger partial charge in [-0.25, -0.2) is 9.31 Å². The minimum atomic E-state index is -0.956. The summed E-state index contributed by atoms with van der Waals surface area (Å²) in [5.74, 6) is 5.10. The SMILES string of the molecule is COc1cc(-n2cnn3cc(-c4ccc(Cl)cn4)cc3c2=O)ccc1OCC(C)(C)OC(=O)CN=NN. The van der Waals surface area contributed by atoms with Gasteiger partial charge in [-0.05, 0) is 44.2 Å². The fourth-order valence-corrected chi connectivity index (χ4v) is 3.62. The number of fused-ring (bicyclic) bond motifs is 1. The van der Waals surface area contributed by atoms with Gasteiger partial charge < -0.3 is 20.1 Å². The Labute approximate surface area is 216 Å². The molecule has 0 spiro atoms.